The van der Waals surface area contributed by atoms with Crippen molar-refractivity contribution in [2.24, 2.45) is 0 Å². The molecule has 5 heteroatoms. The quantitative estimate of drug-likeness (QED) is 0.642. The molecule has 2 aromatic carbocycles. The average Bonchev–Trinajstić information content (AvgIpc) is 2.75. The molecule has 4 rings (SSSR count). The molecule has 1 atom stereocenters. The highest BCUT2D eigenvalue weighted by Gasteiger charge is 2.15. The molecule has 2 heterocycles. The Morgan fingerprint density at radius 3 is 2.50 bits per heavy atom. The summed E-state index contributed by atoms with van der Waals surface area (Å²) in [5.41, 5.74) is 1.69. The minimum atomic E-state index is -0.177. The van der Waals surface area contributed by atoms with Gasteiger partial charge in [0.05, 0.1) is 6.61 Å². The Labute approximate surface area is 164 Å². The summed E-state index contributed by atoms with van der Waals surface area (Å²) in [5, 5.41) is 0. The van der Waals surface area contributed by atoms with Gasteiger partial charge in [0.25, 0.3) is 5.56 Å². The third kappa shape index (κ3) is 4.61. The molecule has 0 aliphatic carbocycles. The van der Waals surface area contributed by atoms with Crippen LogP contribution in [-0.4, -0.2) is 17.5 Å². The second kappa shape index (κ2) is 8.76. The Morgan fingerprint density at radius 1 is 0.964 bits per heavy atom. The van der Waals surface area contributed by atoms with E-state index in [0.717, 1.165) is 42.9 Å². The predicted octanol–water partition coefficient (Wildman–Crippen LogP) is 4.32. The zero-order chi connectivity index (χ0) is 19.2. The van der Waals surface area contributed by atoms with E-state index in [1.54, 1.807) is 16.8 Å². The van der Waals surface area contributed by atoms with Crippen LogP contribution in [0.15, 0.2) is 77.7 Å². The molecule has 1 fully saturated rings. The molecule has 5 nitrogen and oxygen atoms in total. The van der Waals surface area contributed by atoms with Crippen LogP contribution in [0.25, 0.3) is 5.69 Å². The Bertz CT molecular complexity index is 944. The topological polar surface area (TPSA) is 49.7 Å². The molecule has 1 unspecified atom stereocenters. The van der Waals surface area contributed by atoms with Crippen molar-refractivity contribution < 1.29 is 14.2 Å². The Kier molecular flexibility index (Phi) is 5.73. The van der Waals surface area contributed by atoms with Crippen LogP contribution in [0, 0.1) is 0 Å². The van der Waals surface area contributed by atoms with Crippen molar-refractivity contribution in [3.05, 3.63) is 88.8 Å². The van der Waals surface area contributed by atoms with E-state index in [9.17, 15) is 4.79 Å². The summed E-state index contributed by atoms with van der Waals surface area (Å²) in [6.45, 7) is 1.18. The summed E-state index contributed by atoms with van der Waals surface area (Å²) >= 11 is 0. The van der Waals surface area contributed by atoms with E-state index in [1.165, 1.54) is 6.07 Å². The van der Waals surface area contributed by atoms with Gasteiger partial charge in [0, 0.05) is 24.4 Å². The molecule has 3 aromatic rings. The standard InChI is InChI=1S/C23H23NO4/c25-22-16-21(27-17-18-6-2-1-3-7-18)13-14-24(22)19-9-11-20(12-10-19)28-23-8-4-5-15-26-23/h1-3,6-7,9-14,16,23H,4-5,8,15,17H2. The highest BCUT2D eigenvalue weighted by atomic mass is 16.7. The van der Waals surface area contributed by atoms with E-state index in [2.05, 4.69) is 0 Å². The first-order chi connectivity index (χ1) is 13.8. The molecule has 1 saturated heterocycles. The van der Waals surface area contributed by atoms with Crippen molar-refractivity contribution in [3.63, 3.8) is 0 Å². The van der Waals surface area contributed by atoms with Crippen LogP contribution in [0.4, 0.5) is 0 Å². The van der Waals surface area contributed by atoms with Crippen LogP contribution in [0.5, 0.6) is 11.5 Å². The van der Waals surface area contributed by atoms with Gasteiger partial charge in [-0.25, -0.2) is 0 Å². The van der Waals surface area contributed by atoms with Gasteiger partial charge in [-0.2, -0.15) is 0 Å². The normalized spacial score (nSPS) is 16.5. The van der Waals surface area contributed by atoms with Gasteiger partial charge in [-0.15, -0.1) is 0 Å². The molecule has 0 radical (unpaired) electrons. The second-order valence-corrected chi connectivity index (χ2v) is 6.75. The van der Waals surface area contributed by atoms with Gasteiger partial charge in [-0.1, -0.05) is 30.3 Å². The summed E-state index contributed by atoms with van der Waals surface area (Å²) in [7, 11) is 0. The van der Waals surface area contributed by atoms with Crippen molar-refractivity contribution in [1.82, 2.24) is 4.57 Å². The van der Waals surface area contributed by atoms with Crippen molar-refractivity contribution in [2.45, 2.75) is 32.2 Å². The van der Waals surface area contributed by atoms with Crippen LogP contribution in [0.1, 0.15) is 24.8 Å². The third-order valence-corrected chi connectivity index (χ3v) is 4.66. The molecule has 0 spiro atoms. The van der Waals surface area contributed by atoms with Crippen LogP contribution in [0.3, 0.4) is 0 Å². The largest absolute Gasteiger partial charge is 0.489 e. The fourth-order valence-corrected chi connectivity index (χ4v) is 3.15. The molecular weight excluding hydrogens is 354 g/mol. The molecule has 144 valence electrons. The SMILES string of the molecule is O=c1cc(OCc2ccccc2)ccn1-c1ccc(OC2CCCCO2)cc1. The van der Waals surface area contributed by atoms with Gasteiger partial charge in [0.1, 0.15) is 18.1 Å². The first kappa shape index (κ1) is 18.3. The summed E-state index contributed by atoms with van der Waals surface area (Å²) in [5.74, 6) is 1.30. The zero-order valence-electron chi connectivity index (χ0n) is 15.6. The number of nitrogens with zero attached hydrogens (tertiary/aromatic N) is 1. The number of aromatic nitrogens is 1. The van der Waals surface area contributed by atoms with Crippen LogP contribution in [-0.2, 0) is 11.3 Å². The smallest absolute Gasteiger partial charge is 0.258 e. The lowest BCUT2D eigenvalue weighted by Crippen LogP contribution is -2.25. The molecular formula is C23H23NO4. The van der Waals surface area contributed by atoms with Crippen LogP contribution < -0.4 is 15.0 Å². The van der Waals surface area contributed by atoms with Gasteiger partial charge < -0.3 is 14.2 Å². The van der Waals surface area contributed by atoms with Crippen LogP contribution >= 0.6 is 0 Å². The molecule has 1 aromatic heterocycles. The summed E-state index contributed by atoms with van der Waals surface area (Å²) in [6.07, 6.45) is 4.67. The summed E-state index contributed by atoms with van der Waals surface area (Å²) in [6, 6.07) is 20.6. The Hall–Kier alpha value is -3.05. The first-order valence-electron chi connectivity index (χ1n) is 9.56. The monoisotopic (exact) mass is 377 g/mol. The van der Waals surface area contributed by atoms with Crippen molar-refractivity contribution in [1.29, 1.82) is 0 Å². The number of pyridine rings is 1. The number of hydrogen-bond acceptors (Lipinski definition) is 4. The second-order valence-electron chi connectivity index (χ2n) is 6.75. The predicted molar refractivity (Wildman–Crippen MR) is 107 cm³/mol. The number of ether oxygens (including phenoxy) is 3. The average molecular weight is 377 g/mol. The number of benzene rings is 2. The van der Waals surface area contributed by atoms with Crippen LogP contribution in [0.2, 0.25) is 0 Å². The highest BCUT2D eigenvalue weighted by molar-refractivity contribution is 5.38. The zero-order valence-corrected chi connectivity index (χ0v) is 15.6. The lowest BCUT2D eigenvalue weighted by atomic mass is 10.2. The lowest BCUT2D eigenvalue weighted by molar-refractivity contribution is -0.105. The molecule has 0 bridgehead atoms. The fraction of sp³-hybridized carbons (Fsp3) is 0.261. The maximum atomic E-state index is 12.5. The Balaban J connectivity index is 1.41. The molecule has 1 aliphatic heterocycles. The summed E-state index contributed by atoms with van der Waals surface area (Å²) in [4.78, 5) is 12.5. The Morgan fingerprint density at radius 2 is 1.79 bits per heavy atom. The van der Waals surface area contributed by atoms with Crippen molar-refractivity contribution >= 4 is 0 Å². The van der Waals surface area contributed by atoms with Gasteiger partial charge in [-0.05, 0) is 48.7 Å². The minimum absolute atomic E-state index is 0.144. The van der Waals surface area contributed by atoms with E-state index in [4.69, 9.17) is 14.2 Å². The lowest BCUT2D eigenvalue weighted by Gasteiger charge is -2.23. The molecule has 0 saturated carbocycles. The van der Waals surface area contributed by atoms with Crippen molar-refractivity contribution in [3.8, 4) is 17.2 Å². The van der Waals surface area contributed by atoms with Gasteiger partial charge in [0.15, 0.2) is 6.29 Å². The number of rotatable bonds is 6. The van der Waals surface area contributed by atoms with Gasteiger partial charge in [-0.3, -0.25) is 9.36 Å². The van der Waals surface area contributed by atoms with Crippen molar-refractivity contribution in [2.75, 3.05) is 6.61 Å². The molecule has 0 N–H and O–H groups in total. The van der Waals surface area contributed by atoms with Gasteiger partial charge >= 0.3 is 0 Å². The van der Waals surface area contributed by atoms with E-state index < -0.39 is 0 Å². The van der Waals surface area contributed by atoms with E-state index in [-0.39, 0.29) is 11.8 Å². The summed E-state index contributed by atoms with van der Waals surface area (Å²) < 4.78 is 18.7. The molecule has 1 aliphatic rings. The van der Waals surface area contributed by atoms with E-state index in [1.807, 2.05) is 54.6 Å². The minimum Gasteiger partial charge on any atom is -0.489 e. The first-order valence-corrected chi connectivity index (χ1v) is 9.56. The number of hydrogen-bond donors (Lipinski definition) is 0. The van der Waals surface area contributed by atoms with Gasteiger partial charge in [0.2, 0.25) is 0 Å². The maximum Gasteiger partial charge on any atom is 0.258 e. The third-order valence-electron chi connectivity index (χ3n) is 4.66. The maximum absolute atomic E-state index is 12.5. The van der Waals surface area contributed by atoms with E-state index >= 15 is 0 Å². The molecule has 0 amide bonds. The highest BCUT2D eigenvalue weighted by Crippen LogP contribution is 2.21. The molecule has 28 heavy (non-hydrogen) atoms. The fourth-order valence-electron chi connectivity index (χ4n) is 3.15. The van der Waals surface area contributed by atoms with E-state index in [0.29, 0.717) is 12.4 Å².